The lowest BCUT2D eigenvalue weighted by Crippen LogP contribution is -2.26. The summed E-state index contributed by atoms with van der Waals surface area (Å²) in [7, 11) is -3.76. The van der Waals surface area contributed by atoms with Crippen LogP contribution in [0.4, 0.5) is 5.13 Å². The van der Waals surface area contributed by atoms with Gasteiger partial charge in [-0.05, 0) is 42.3 Å². The van der Waals surface area contributed by atoms with Crippen LogP contribution in [0.3, 0.4) is 0 Å². The van der Waals surface area contributed by atoms with Crippen molar-refractivity contribution in [2.45, 2.75) is 31.1 Å². The van der Waals surface area contributed by atoms with Crippen molar-refractivity contribution < 1.29 is 13.2 Å². The van der Waals surface area contributed by atoms with Gasteiger partial charge in [-0.3, -0.25) is 9.52 Å². The minimum atomic E-state index is -3.76. The number of amides is 1. The molecule has 3 aromatic rings. The van der Waals surface area contributed by atoms with Gasteiger partial charge in [0.1, 0.15) is 5.01 Å². The molecule has 1 amide bonds. The normalized spacial score (nSPS) is 11.5. The van der Waals surface area contributed by atoms with Gasteiger partial charge in [-0.15, -0.1) is 10.2 Å². The summed E-state index contributed by atoms with van der Waals surface area (Å²) in [6, 6.07) is 11.1. The number of halogens is 2. The molecule has 2 aromatic carbocycles. The fraction of sp³-hybridized carbons (Fsp3) is 0.250. The molecule has 0 aliphatic heterocycles. The minimum Gasteiger partial charge on any atom is -0.352 e. The highest BCUT2D eigenvalue weighted by Crippen LogP contribution is 2.25. The Labute approximate surface area is 194 Å². The average molecular weight is 499 g/mol. The van der Waals surface area contributed by atoms with Crippen molar-refractivity contribution in [3.8, 4) is 0 Å². The second-order valence-electron chi connectivity index (χ2n) is 6.98. The molecule has 3 rings (SSSR count). The number of carbonyl (C=O) groups is 1. The van der Waals surface area contributed by atoms with Crippen LogP contribution in [0.1, 0.15) is 40.7 Å². The zero-order valence-corrected chi connectivity index (χ0v) is 19.9. The molecule has 0 atom stereocenters. The molecule has 0 fully saturated rings. The fourth-order valence-electron chi connectivity index (χ4n) is 2.61. The Hall–Kier alpha value is -2.20. The topological polar surface area (TPSA) is 101 Å². The van der Waals surface area contributed by atoms with Gasteiger partial charge >= 0.3 is 0 Å². The van der Waals surface area contributed by atoms with E-state index in [0.29, 0.717) is 23.6 Å². The van der Waals surface area contributed by atoms with Crippen molar-refractivity contribution in [1.29, 1.82) is 0 Å². The van der Waals surface area contributed by atoms with Crippen LogP contribution in [0.5, 0.6) is 0 Å². The molecule has 0 spiro atoms. The summed E-state index contributed by atoms with van der Waals surface area (Å²) in [5.41, 5.74) is 1.22. The molecule has 0 unspecified atom stereocenters. The highest BCUT2D eigenvalue weighted by Gasteiger charge is 2.18. The van der Waals surface area contributed by atoms with Gasteiger partial charge in [0.05, 0.1) is 15.5 Å². The summed E-state index contributed by atoms with van der Waals surface area (Å²) in [5, 5.41) is 12.4. The Bertz CT molecular complexity index is 1180. The third kappa shape index (κ3) is 6.16. The number of aromatic nitrogens is 2. The van der Waals surface area contributed by atoms with Gasteiger partial charge in [0, 0.05) is 17.5 Å². The standard InChI is InChI=1S/C20H20Cl2N4O3S2/c1-12(2)19-24-25-20(30-19)26-31(28,29)15-6-3-13(4-7-15)9-10-23-18(27)16-8-5-14(21)11-17(16)22/h3-8,11-12H,9-10H2,1-2H3,(H,23,27)(H,25,26). The maximum absolute atomic E-state index is 12.6. The van der Waals surface area contributed by atoms with E-state index in [1.165, 1.54) is 29.5 Å². The van der Waals surface area contributed by atoms with Crippen LogP contribution < -0.4 is 10.0 Å². The molecular formula is C20H20Cl2N4O3S2. The molecule has 0 saturated heterocycles. The van der Waals surface area contributed by atoms with Gasteiger partial charge in [-0.25, -0.2) is 8.42 Å². The van der Waals surface area contributed by atoms with E-state index >= 15 is 0 Å². The lowest BCUT2D eigenvalue weighted by atomic mass is 10.1. The van der Waals surface area contributed by atoms with Gasteiger partial charge in [0.15, 0.2) is 0 Å². The summed E-state index contributed by atoms with van der Waals surface area (Å²) in [4.78, 5) is 12.4. The van der Waals surface area contributed by atoms with E-state index in [0.717, 1.165) is 10.6 Å². The molecule has 0 aliphatic rings. The lowest BCUT2D eigenvalue weighted by Gasteiger charge is -2.08. The molecule has 1 aromatic heterocycles. The van der Waals surface area contributed by atoms with Crippen LogP contribution in [0.2, 0.25) is 10.0 Å². The van der Waals surface area contributed by atoms with Crippen LogP contribution >= 0.6 is 34.5 Å². The molecule has 1 heterocycles. The van der Waals surface area contributed by atoms with E-state index in [-0.39, 0.29) is 26.9 Å². The zero-order valence-electron chi connectivity index (χ0n) is 16.7. The van der Waals surface area contributed by atoms with Crippen molar-refractivity contribution >= 4 is 55.6 Å². The number of hydrogen-bond acceptors (Lipinski definition) is 6. The van der Waals surface area contributed by atoms with Crippen LogP contribution in [0.15, 0.2) is 47.4 Å². The first-order chi connectivity index (χ1) is 14.7. The Kier molecular flexibility index (Phi) is 7.53. The average Bonchev–Trinajstić information content (AvgIpc) is 3.16. The Morgan fingerprint density at radius 1 is 1.10 bits per heavy atom. The SMILES string of the molecule is CC(C)c1nnc(NS(=O)(=O)c2ccc(CCNC(=O)c3ccc(Cl)cc3Cl)cc2)s1. The number of benzene rings is 2. The summed E-state index contributed by atoms with van der Waals surface area (Å²) in [6.07, 6.45) is 0.527. The summed E-state index contributed by atoms with van der Waals surface area (Å²) in [6.45, 7) is 4.29. The molecule has 31 heavy (non-hydrogen) atoms. The van der Waals surface area contributed by atoms with Crippen molar-refractivity contribution in [2.75, 3.05) is 11.3 Å². The molecule has 7 nitrogen and oxygen atoms in total. The smallest absolute Gasteiger partial charge is 0.263 e. The van der Waals surface area contributed by atoms with Gasteiger partial charge in [0.25, 0.3) is 15.9 Å². The van der Waals surface area contributed by atoms with E-state index in [2.05, 4.69) is 20.2 Å². The molecule has 0 saturated carbocycles. The fourth-order valence-corrected chi connectivity index (χ4v) is 5.08. The second kappa shape index (κ2) is 9.95. The van der Waals surface area contributed by atoms with Crippen molar-refractivity contribution in [3.05, 3.63) is 68.6 Å². The molecule has 11 heteroatoms. The number of rotatable bonds is 8. The quantitative estimate of drug-likeness (QED) is 0.466. The summed E-state index contributed by atoms with van der Waals surface area (Å²) in [5.74, 6) is -0.130. The predicted octanol–water partition coefficient (Wildman–Crippen LogP) is 4.74. The lowest BCUT2D eigenvalue weighted by molar-refractivity contribution is 0.0954. The number of hydrogen-bond donors (Lipinski definition) is 2. The second-order valence-corrected chi connectivity index (χ2v) is 10.5. The first kappa shape index (κ1) is 23.5. The van der Waals surface area contributed by atoms with Gasteiger partial charge in [-0.2, -0.15) is 0 Å². The summed E-state index contributed by atoms with van der Waals surface area (Å²) < 4.78 is 27.6. The van der Waals surface area contributed by atoms with E-state index in [9.17, 15) is 13.2 Å². The van der Waals surface area contributed by atoms with Crippen LogP contribution in [0, 0.1) is 0 Å². The largest absolute Gasteiger partial charge is 0.352 e. The van der Waals surface area contributed by atoms with E-state index in [4.69, 9.17) is 23.2 Å². The van der Waals surface area contributed by atoms with Gasteiger partial charge < -0.3 is 5.32 Å². The van der Waals surface area contributed by atoms with E-state index in [1.807, 2.05) is 13.8 Å². The highest BCUT2D eigenvalue weighted by atomic mass is 35.5. The number of anilines is 1. The summed E-state index contributed by atoms with van der Waals surface area (Å²) >= 11 is 13.1. The van der Waals surface area contributed by atoms with Gasteiger partial charge in [0.2, 0.25) is 5.13 Å². The molecule has 0 radical (unpaired) electrons. The first-order valence-corrected chi connectivity index (χ1v) is 12.4. The third-order valence-corrected chi connectivity index (χ3v) is 7.44. The predicted molar refractivity (Wildman–Crippen MR) is 124 cm³/mol. The van der Waals surface area contributed by atoms with Crippen molar-refractivity contribution in [2.24, 2.45) is 0 Å². The van der Waals surface area contributed by atoms with E-state index < -0.39 is 10.0 Å². The molecule has 164 valence electrons. The maximum Gasteiger partial charge on any atom is 0.263 e. The number of nitrogens with zero attached hydrogens (tertiary/aromatic N) is 2. The number of sulfonamides is 1. The number of carbonyl (C=O) groups excluding carboxylic acids is 1. The van der Waals surface area contributed by atoms with Crippen LogP contribution in [-0.2, 0) is 16.4 Å². The third-order valence-electron chi connectivity index (χ3n) is 4.26. The van der Waals surface area contributed by atoms with Crippen molar-refractivity contribution in [3.63, 3.8) is 0 Å². The van der Waals surface area contributed by atoms with Crippen molar-refractivity contribution in [1.82, 2.24) is 15.5 Å². The van der Waals surface area contributed by atoms with E-state index in [1.54, 1.807) is 24.3 Å². The minimum absolute atomic E-state index is 0.120. The number of nitrogens with one attached hydrogen (secondary N) is 2. The monoisotopic (exact) mass is 498 g/mol. The van der Waals surface area contributed by atoms with Gasteiger partial charge in [-0.1, -0.05) is 60.5 Å². The molecule has 2 N–H and O–H groups in total. The Balaban J connectivity index is 1.57. The Morgan fingerprint density at radius 2 is 1.81 bits per heavy atom. The highest BCUT2D eigenvalue weighted by molar-refractivity contribution is 7.93. The molecule has 0 aliphatic carbocycles. The maximum atomic E-state index is 12.6. The first-order valence-electron chi connectivity index (χ1n) is 9.34. The molecule has 0 bridgehead atoms. The molecular weight excluding hydrogens is 479 g/mol. The van der Waals surface area contributed by atoms with Crippen LogP contribution in [-0.4, -0.2) is 31.1 Å². The van der Waals surface area contributed by atoms with Crippen LogP contribution in [0.25, 0.3) is 0 Å². The Morgan fingerprint density at radius 3 is 2.42 bits per heavy atom. The zero-order chi connectivity index (χ0) is 22.6.